The number of alkyl halides is 3. The van der Waals surface area contributed by atoms with E-state index in [1.54, 1.807) is 19.2 Å². The molecule has 12 heteroatoms. The zero-order valence-electron chi connectivity index (χ0n) is 21.5. The van der Waals surface area contributed by atoms with Crippen molar-refractivity contribution in [3.8, 4) is 11.5 Å². The van der Waals surface area contributed by atoms with E-state index < -0.39 is 38.7 Å². The van der Waals surface area contributed by atoms with Gasteiger partial charge in [0.2, 0.25) is 0 Å². The number of carboxylic acid groups (broad SMARTS) is 1. The molecule has 0 radical (unpaired) electrons. The zero-order valence-corrected chi connectivity index (χ0v) is 22.3. The smallest absolute Gasteiger partial charge is 0.416 e. The minimum absolute atomic E-state index is 0.0294. The van der Waals surface area contributed by atoms with Gasteiger partial charge in [-0.1, -0.05) is 24.3 Å². The van der Waals surface area contributed by atoms with Crippen LogP contribution >= 0.6 is 0 Å². The number of hydrogen-bond acceptors (Lipinski definition) is 6. The van der Waals surface area contributed by atoms with E-state index in [-0.39, 0.29) is 36.7 Å². The predicted molar refractivity (Wildman–Crippen MR) is 142 cm³/mol. The van der Waals surface area contributed by atoms with Crippen molar-refractivity contribution in [3.63, 3.8) is 0 Å². The monoisotopic (exact) mass is 576 g/mol. The van der Waals surface area contributed by atoms with Gasteiger partial charge in [-0.25, -0.2) is 8.42 Å². The summed E-state index contributed by atoms with van der Waals surface area (Å²) in [6.07, 6.45) is -5.74. The minimum atomic E-state index is -4.72. The fraction of sp³-hybridized carbons (Fsp3) is 0.321. The average molecular weight is 577 g/mol. The quantitative estimate of drug-likeness (QED) is 0.397. The van der Waals surface area contributed by atoms with Crippen LogP contribution in [0.2, 0.25) is 0 Å². The molecule has 0 amide bonds. The lowest BCUT2D eigenvalue weighted by Crippen LogP contribution is -2.46. The molecule has 3 aromatic carbocycles. The van der Waals surface area contributed by atoms with Crippen LogP contribution in [0, 0.1) is 0 Å². The van der Waals surface area contributed by atoms with Gasteiger partial charge in [-0.3, -0.25) is 9.10 Å². The molecule has 1 N–H and O–H groups in total. The maximum atomic E-state index is 13.7. The summed E-state index contributed by atoms with van der Waals surface area (Å²) in [6.45, 7) is 1.07. The number of aliphatic carboxylic acids is 1. The second-order valence-electron chi connectivity index (χ2n) is 9.73. The summed E-state index contributed by atoms with van der Waals surface area (Å²) in [5.74, 6) is -0.0351. The molecule has 2 aliphatic heterocycles. The molecule has 0 aromatic heterocycles. The SMILES string of the molecule is COc1ccccc1N1CC(c2ccc3c(c2)N(S(=O)(=O)c2cccc(C(F)(F)F)c2)CC(CCC(=O)O)O3)C1. The molecule has 1 unspecified atom stereocenters. The summed E-state index contributed by atoms with van der Waals surface area (Å²) in [5.41, 5.74) is 0.917. The number of halogens is 3. The Balaban J connectivity index is 1.47. The number of carbonyl (C=O) groups is 1. The van der Waals surface area contributed by atoms with Crippen LogP contribution in [0.4, 0.5) is 24.5 Å². The molecular formula is C28H27F3N2O6S. The fourth-order valence-corrected chi connectivity index (χ4v) is 6.53. The van der Waals surface area contributed by atoms with Gasteiger partial charge < -0.3 is 19.5 Å². The lowest BCUT2D eigenvalue weighted by molar-refractivity contribution is -0.138. The van der Waals surface area contributed by atoms with E-state index in [1.165, 1.54) is 0 Å². The first kappa shape index (κ1) is 27.6. The van der Waals surface area contributed by atoms with Crippen molar-refractivity contribution < 1.29 is 41.0 Å². The number of rotatable bonds is 8. The summed E-state index contributed by atoms with van der Waals surface area (Å²) in [5, 5.41) is 9.11. The number of benzene rings is 3. The van der Waals surface area contributed by atoms with E-state index >= 15 is 0 Å². The van der Waals surface area contributed by atoms with Gasteiger partial charge in [0.1, 0.15) is 17.6 Å². The molecule has 0 saturated carbocycles. The summed E-state index contributed by atoms with van der Waals surface area (Å²) >= 11 is 0. The highest BCUT2D eigenvalue weighted by molar-refractivity contribution is 7.92. The zero-order chi connectivity index (χ0) is 28.7. The number of ether oxygens (including phenoxy) is 2. The van der Waals surface area contributed by atoms with Gasteiger partial charge in [-0.15, -0.1) is 0 Å². The summed E-state index contributed by atoms with van der Waals surface area (Å²) in [6, 6.07) is 16.4. The molecule has 8 nitrogen and oxygen atoms in total. The van der Waals surface area contributed by atoms with Crippen LogP contribution in [-0.2, 0) is 21.0 Å². The molecule has 0 bridgehead atoms. The summed E-state index contributed by atoms with van der Waals surface area (Å²) in [7, 11) is -2.84. The minimum Gasteiger partial charge on any atom is -0.495 e. The lowest BCUT2D eigenvalue weighted by atomic mass is 9.90. The Bertz CT molecular complexity index is 1520. The molecular weight excluding hydrogens is 549 g/mol. The standard InChI is InChI=1S/C28H27F3N2O6S/c1-38-25-8-3-2-7-23(25)32-15-19(16-32)18-9-11-26-24(13-18)33(17-21(39-26)10-12-27(34)35)40(36,37)22-6-4-5-20(14-22)28(29,30)31/h2-9,11,13-14,19,21H,10,12,15-17H2,1H3,(H,34,35). The topological polar surface area (TPSA) is 96.4 Å². The van der Waals surface area contributed by atoms with Crippen LogP contribution < -0.4 is 18.7 Å². The normalized spacial score (nSPS) is 17.6. The van der Waals surface area contributed by atoms with Crippen LogP contribution in [0.3, 0.4) is 0 Å². The summed E-state index contributed by atoms with van der Waals surface area (Å²) < 4.78 is 80.0. The van der Waals surface area contributed by atoms with Gasteiger partial charge in [0, 0.05) is 25.4 Å². The Labute approximate surface area is 229 Å². The Morgan fingerprint density at radius 1 is 1.02 bits per heavy atom. The van der Waals surface area contributed by atoms with E-state index in [1.807, 2.05) is 30.3 Å². The number of fused-ring (bicyclic) bond motifs is 1. The van der Waals surface area contributed by atoms with Crippen molar-refractivity contribution in [1.29, 1.82) is 0 Å². The van der Waals surface area contributed by atoms with E-state index in [0.29, 0.717) is 19.2 Å². The highest BCUT2D eigenvalue weighted by Gasteiger charge is 2.38. The largest absolute Gasteiger partial charge is 0.495 e. The molecule has 212 valence electrons. The first-order chi connectivity index (χ1) is 19.0. The van der Waals surface area contributed by atoms with E-state index in [0.717, 1.165) is 39.5 Å². The molecule has 2 heterocycles. The first-order valence-electron chi connectivity index (χ1n) is 12.6. The molecule has 1 fully saturated rings. The molecule has 3 aromatic rings. The Hall–Kier alpha value is -3.93. The van der Waals surface area contributed by atoms with E-state index in [2.05, 4.69) is 4.90 Å². The van der Waals surface area contributed by atoms with Crippen molar-refractivity contribution in [2.75, 3.05) is 35.9 Å². The Kier molecular flexibility index (Phi) is 7.30. The predicted octanol–water partition coefficient (Wildman–Crippen LogP) is 5.14. The third-order valence-corrected chi connectivity index (χ3v) is 8.90. The number of sulfonamides is 1. The maximum absolute atomic E-state index is 13.7. The fourth-order valence-electron chi connectivity index (χ4n) is 4.98. The van der Waals surface area contributed by atoms with Crippen molar-refractivity contribution >= 4 is 27.4 Å². The number of hydrogen-bond donors (Lipinski definition) is 1. The number of anilines is 2. The van der Waals surface area contributed by atoms with Gasteiger partial charge in [-0.2, -0.15) is 13.2 Å². The van der Waals surface area contributed by atoms with Crippen molar-refractivity contribution in [1.82, 2.24) is 0 Å². The first-order valence-corrected chi connectivity index (χ1v) is 14.0. The Morgan fingerprint density at radius 3 is 2.48 bits per heavy atom. The highest BCUT2D eigenvalue weighted by Crippen LogP contribution is 2.43. The van der Waals surface area contributed by atoms with Gasteiger partial charge in [0.05, 0.1) is 35.5 Å². The summed E-state index contributed by atoms with van der Waals surface area (Å²) in [4.78, 5) is 12.8. The van der Waals surface area contributed by atoms with Crippen LogP contribution in [0.15, 0.2) is 71.6 Å². The number of methoxy groups -OCH3 is 1. The molecule has 5 rings (SSSR count). The third kappa shape index (κ3) is 5.40. The molecule has 40 heavy (non-hydrogen) atoms. The van der Waals surface area contributed by atoms with Gasteiger partial charge in [0.15, 0.2) is 0 Å². The van der Waals surface area contributed by atoms with Gasteiger partial charge >= 0.3 is 12.1 Å². The van der Waals surface area contributed by atoms with Crippen LogP contribution in [0.5, 0.6) is 11.5 Å². The number of para-hydroxylation sites is 2. The van der Waals surface area contributed by atoms with Gasteiger partial charge in [0.25, 0.3) is 10.0 Å². The second kappa shape index (κ2) is 10.6. The number of nitrogens with zero attached hydrogens (tertiary/aromatic N) is 2. The second-order valence-corrected chi connectivity index (χ2v) is 11.6. The van der Waals surface area contributed by atoms with E-state index in [9.17, 15) is 26.4 Å². The molecule has 0 aliphatic carbocycles. The van der Waals surface area contributed by atoms with Crippen molar-refractivity contribution in [2.45, 2.75) is 35.9 Å². The van der Waals surface area contributed by atoms with Crippen LogP contribution in [0.1, 0.15) is 29.9 Å². The van der Waals surface area contributed by atoms with E-state index in [4.69, 9.17) is 14.6 Å². The highest BCUT2D eigenvalue weighted by atomic mass is 32.2. The van der Waals surface area contributed by atoms with Crippen molar-refractivity contribution in [3.05, 3.63) is 77.9 Å². The van der Waals surface area contributed by atoms with Gasteiger partial charge in [-0.05, 0) is 54.4 Å². The third-order valence-electron chi connectivity index (χ3n) is 7.12. The van der Waals surface area contributed by atoms with Crippen LogP contribution in [-0.4, -0.2) is 52.3 Å². The molecule has 0 spiro atoms. The molecule has 1 saturated heterocycles. The molecule has 2 aliphatic rings. The lowest BCUT2D eigenvalue weighted by Gasteiger charge is -2.42. The maximum Gasteiger partial charge on any atom is 0.416 e. The van der Waals surface area contributed by atoms with Crippen molar-refractivity contribution in [2.24, 2.45) is 0 Å². The molecule has 1 atom stereocenters. The van der Waals surface area contributed by atoms with Crippen LogP contribution in [0.25, 0.3) is 0 Å². The Morgan fingerprint density at radius 2 is 1.77 bits per heavy atom. The average Bonchev–Trinajstić information content (AvgIpc) is 2.90. The number of carboxylic acids is 1.